The predicted octanol–water partition coefficient (Wildman–Crippen LogP) is 6.61. The van der Waals surface area contributed by atoms with Gasteiger partial charge in [0.1, 0.15) is 5.75 Å². The molecular formula is C21H12Br2ClN3O2S. The van der Waals surface area contributed by atoms with E-state index in [1.54, 1.807) is 24.3 Å². The Balaban J connectivity index is 1.65. The Labute approximate surface area is 197 Å². The highest BCUT2D eigenvalue weighted by atomic mass is 79.9. The van der Waals surface area contributed by atoms with E-state index < -0.39 is 0 Å². The van der Waals surface area contributed by atoms with Crippen LogP contribution in [0, 0.1) is 0 Å². The van der Waals surface area contributed by atoms with Crippen LogP contribution in [0.3, 0.4) is 0 Å². The summed E-state index contributed by atoms with van der Waals surface area (Å²) in [5, 5.41) is 14.6. The summed E-state index contributed by atoms with van der Waals surface area (Å²) in [6.45, 7) is 0. The molecule has 0 bridgehead atoms. The van der Waals surface area contributed by atoms with Gasteiger partial charge >= 0.3 is 0 Å². The van der Waals surface area contributed by atoms with E-state index in [2.05, 4.69) is 47.4 Å². The first kappa shape index (κ1) is 21.0. The third-order valence-electron chi connectivity index (χ3n) is 4.21. The van der Waals surface area contributed by atoms with Gasteiger partial charge in [-0.25, -0.2) is 10.4 Å². The fourth-order valence-corrected chi connectivity index (χ4v) is 5.05. The van der Waals surface area contributed by atoms with Gasteiger partial charge in [0.15, 0.2) is 0 Å². The summed E-state index contributed by atoms with van der Waals surface area (Å²) in [5.74, 6) is -0.258. The van der Waals surface area contributed by atoms with Crippen LogP contribution in [-0.2, 0) is 0 Å². The maximum atomic E-state index is 12.9. The summed E-state index contributed by atoms with van der Waals surface area (Å²) in [7, 11) is 0. The SMILES string of the molecule is O=C(N/N=C\c1cc(Br)c(O)c(Br)c1)c1cc(-c2ccc(Cl)s2)nc2ccccc12. The number of nitrogens with zero attached hydrogens (tertiary/aromatic N) is 2. The molecule has 1 amide bonds. The molecule has 0 saturated carbocycles. The van der Waals surface area contributed by atoms with E-state index in [4.69, 9.17) is 11.6 Å². The Morgan fingerprint density at radius 1 is 1.13 bits per heavy atom. The van der Waals surface area contributed by atoms with Gasteiger partial charge in [0.25, 0.3) is 5.91 Å². The largest absolute Gasteiger partial charge is 0.506 e. The van der Waals surface area contributed by atoms with E-state index in [9.17, 15) is 9.90 Å². The van der Waals surface area contributed by atoms with E-state index in [1.165, 1.54) is 17.6 Å². The lowest BCUT2D eigenvalue weighted by Crippen LogP contribution is -2.18. The molecule has 2 heterocycles. The Morgan fingerprint density at radius 3 is 2.57 bits per heavy atom. The van der Waals surface area contributed by atoms with E-state index in [-0.39, 0.29) is 11.7 Å². The van der Waals surface area contributed by atoms with Gasteiger partial charge in [-0.3, -0.25) is 4.79 Å². The molecule has 0 spiro atoms. The minimum Gasteiger partial charge on any atom is -0.506 e. The molecule has 9 heteroatoms. The Bertz CT molecular complexity index is 1280. The fraction of sp³-hybridized carbons (Fsp3) is 0. The first-order valence-corrected chi connectivity index (χ1v) is 11.4. The lowest BCUT2D eigenvalue weighted by Gasteiger charge is -2.08. The van der Waals surface area contributed by atoms with Crippen molar-refractivity contribution < 1.29 is 9.90 Å². The Morgan fingerprint density at radius 2 is 1.87 bits per heavy atom. The second-order valence-corrected chi connectivity index (χ2v) is 9.63. The van der Waals surface area contributed by atoms with E-state index in [0.29, 0.717) is 35.6 Å². The topological polar surface area (TPSA) is 74.6 Å². The zero-order valence-electron chi connectivity index (χ0n) is 15.1. The fourth-order valence-electron chi connectivity index (χ4n) is 2.83. The van der Waals surface area contributed by atoms with Crippen LogP contribution >= 0.6 is 54.8 Å². The maximum absolute atomic E-state index is 12.9. The lowest BCUT2D eigenvalue weighted by molar-refractivity contribution is 0.0956. The smallest absolute Gasteiger partial charge is 0.272 e. The van der Waals surface area contributed by atoms with Crippen molar-refractivity contribution in [3.63, 3.8) is 0 Å². The highest BCUT2D eigenvalue weighted by molar-refractivity contribution is 9.11. The van der Waals surface area contributed by atoms with Crippen LogP contribution in [0.2, 0.25) is 4.34 Å². The minimum atomic E-state index is -0.356. The number of hydrazone groups is 1. The predicted molar refractivity (Wildman–Crippen MR) is 129 cm³/mol. The van der Waals surface area contributed by atoms with Gasteiger partial charge in [-0.05, 0) is 73.8 Å². The number of phenolic OH excluding ortho intramolecular Hbond substituents is 1. The molecule has 0 aliphatic rings. The number of aromatic hydroxyl groups is 1. The normalized spacial score (nSPS) is 11.3. The molecule has 0 radical (unpaired) electrons. The second-order valence-electron chi connectivity index (χ2n) is 6.21. The lowest BCUT2D eigenvalue weighted by atomic mass is 10.1. The van der Waals surface area contributed by atoms with Crippen molar-refractivity contribution in [1.29, 1.82) is 0 Å². The van der Waals surface area contributed by atoms with Gasteiger partial charge in [0, 0.05) is 5.39 Å². The number of phenols is 1. The summed E-state index contributed by atoms with van der Waals surface area (Å²) < 4.78 is 1.69. The molecule has 0 aliphatic heterocycles. The summed E-state index contributed by atoms with van der Waals surface area (Å²) in [5.41, 5.74) is 5.10. The zero-order chi connectivity index (χ0) is 21.3. The number of nitrogens with one attached hydrogen (secondary N) is 1. The van der Waals surface area contributed by atoms with E-state index in [0.717, 1.165) is 10.3 Å². The third kappa shape index (κ3) is 4.41. The van der Waals surface area contributed by atoms with Crippen LogP contribution in [0.1, 0.15) is 15.9 Å². The number of para-hydroxylation sites is 1. The molecule has 30 heavy (non-hydrogen) atoms. The average Bonchev–Trinajstić information content (AvgIpc) is 3.17. The number of thiophene rings is 1. The van der Waals surface area contributed by atoms with Crippen molar-refractivity contribution in [3.05, 3.63) is 79.0 Å². The molecule has 0 aliphatic carbocycles. The number of pyridine rings is 1. The number of fused-ring (bicyclic) bond motifs is 1. The van der Waals surface area contributed by atoms with Crippen LogP contribution < -0.4 is 5.43 Å². The number of aromatic nitrogens is 1. The summed E-state index contributed by atoms with van der Waals surface area (Å²) >= 11 is 14.0. The third-order valence-corrected chi connectivity index (χ3v) is 6.67. The van der Waals surface area contributed by atoms with Crippen LogP contribution in [0.4, 0.5) is 0 Å². The molecule has 0 fully saturated rings. The first-order chi connectivity index (χ1) is 14.4. The van der Waals surface area contributed by atoms with Gasteiger partial charge in [0.05, 0.1) is 41.1 Å². The van der Waals surface area contributed by atoms with Gasteiger partial charge in [-0.15, -0.1) is 11.3 Å². The standard InChI is InChI=1S/C21H12Br2ClN3O2S/c22-14-7-11(8-15(23)20(14)28)10-25-27-21(29)13-9-17(18-5-6-19(24)30-18)26-16-4-2-1-3-12(13)16/h1-10,28H,(H,27,29)/b25-10-. The summed E-state index contributed by atoms with van der Waals surface area (Å²) in [6.07, 6.45) is 1.50. The molecule has 2 aromatic carbocycles. The maximum Gasteiger partial charge on any atom is 0.272 e. The minimum absolute atomic E-state index is 0.0978. The number of hydrogen-bond donors (Lipinski definition) is 2. The molecular weight excluding hydrogens is 554 g/mol. The van der Waals surface area contributed by atoms with Crippen molar-refractivity contribution in [2.24, 2.45) is 5.10 Å². The highest BCUT2D eigenvalue weighted by Gasteiger charge is 2.14. The molecule has 2 N–H and O–H groups in total. The molecule has 0 atom stereocenters. The van der Waals surface area contributed by atoms with Crippen LogP contribution in [0.15, 0.2) is 68.6 Å². The molecule has 4 aromatic rings. The Kier molecular flexibility index (Phi) is 6.19. The molecule has 150 valence electrons. The van der Waals surface area contributed by atoms with Crippen molar-refractivity contribution in [3.8, 4) is 16.3 Å². The number of carbonyl (C=O) groups excluding carboxylic acids is 1. The number of hydrogen-bond acceptors (Lipinski definition) is 5. The van der Waals surface area contributed by atoms with Crippen molar-refractivity contribution in [1.82, 2.24) is 10.4 Å². The quantitative estimate of drug-likeness (QED) is 0.216. The van der Waals surface area contributed by atoms with Crippen molar-refractivity contribution in [2.45, 2.75) is 0 Å². The first-order valence-electron chi connectivity index (χ1n) is 8.59. The number of halogens is 3. The van der Waals surface area contributed by atoms with Gasteiger partial charge < -0.3 is 5.11 Å². The van der Waals surface area contributed by atoms with Gasteiger partial charge in [-0.1, -0.05) is 29.8 Å². The average molecular weight is 566 g/mol. The molecule has 0 saturated heterocycles. The molecule has 2 aromatic heterocycles. The number of rotatable bonds is 4. The second kappa shape index (κ2) is 8.85. The number of benzene rings is 2. The van der Waals surface area contributed by atoms with Crippen LogP contribution in [0.25, 0.3) is 21.5 Å². The van der Waals surface area contributed by atoms with Crippen molar-refractivity contribution in [2.75, 3.05) is 0 Å². The number of amides is 1. The summed E-state index contributed by atoms with van der Waals surface area (Å²) in [6, 6.07) is 16.2. The molecule has 0 unspecified atom stereocenters. The zero-order valence-corrected chi connectivity index (χ0v) is 19.8. The van der Waals surface area contributed by atoms with E-state index >= 15 is 0 Å². The van der Waals surface area contributed by atoms with Crippen LogP contribution in [0.5, 0.6) is 5.75 Å². The number of carbonyl (C=O) groups is 1. The highest BCUT2D eigenvalue weighted by Crippen LogP contribution is 2.33. The van der Waals surface area contributed by atoms with Crippen LogP contribution in [-0.4, -0.2) is 22.2 Å². The van der Waals surface area contributed by atoms with Gasteiger partial charge in [-0.2, -0.15) is 5.10 Å². The van der Waals surface area contributed by atoms with Crippen molar-refractivity contribution >= 4 is 77.8 Å². The monoisotopic (exact) mass is 563 g/mol. The van der Waals surface area contributed by atoms with E-state index in [1.807, 2.05) is 30.3 Å². The molecule has 5 nitrogen and oxygen atoms in total. The Hall–Kier alpha value is -2.26. The molecule has 4 rings (SSSR count). The summed E-state index contributed by atoms with van der Waals surface area (Å²) in [4.78, 5) is 18.4. The van der Waals surface area contributed by atoms with Gasteiger partial charge in [0.2, 0.25) is 0 Å².